The second-order valence-corrected chi connectivity index (χ2v) is 19.1. The van der Waals surface area contributed by atoms with Gasteiger partial charge in [-0.25, -0.2) is 9.59 Å². The maximum Gasteiger partial charge on any atom is 0.408 e. The van der Waals surface area contributed by atoms with Crippen LogP contribution in [0.2, 0.25) is 0 Å². The number of fused-ring (bicyclic) bond motifs is 4. The molecule has 6 rings (SSSR count). The number of hydrogen-bond acceptors (Lipinski definition) is 15. The molecule has 0 aliphatic carbocycles. The minimum atomic E-state index is -1.27. The summed E-state index contributed by atoms with van der Waals surface area (Å²) in [5, 5.41) is 23.6. The summed E-state index contributed by atoms with van der Waals surface area (Å²) in [6.45, 7) is 20.1. The highest BCUT2D eigenvalue weighted by molar-refractivity contribution is 7.03. The van der Waals surface area contributed by atoms with E-state index in [1.807, 2.05) is 89.3 Å². The molecule has 0 radical (unpaired) electrons. The van der Waals surface area contributed by atoms with Crippen molar-refractivity contribution in [2.24, 2.45) is 23.7 Å². The highest BCUT2D eigenvalue weighted by Gasteiger charge is 2.57. The third kappa shape index (κ3) is 10.9. The van der Waals surface area contributed by atoms with Gasteiger partial charge in [-0.2, -0.15) is 0 Å². The first-order valence-corrected chi connectivity index (χ1v) is 22.9. The van der Waals surface area contributed by atoms with Gasteiger partial charge in [0.15, 0.2) is 11.9 Å². The van der Waals surface area contributed by atoms with E-state index < -0.39 is 83.9 Å². The van der Waals surface area contributed by atoms with Crippen LogP contribution >= 0.6 is 11.5 Å². The number of hydrogen-bond donors (Lipinski definition) is 3. The summed E-state index contributed by atoms with van der Waals surface area (Å²) in [6, 6.07) is 6.79. The van der Waals surface area contributed by atoms with Gasteiger partial charge in [-0.05, 0) is 95.7 Å². The smallest absolute Gasteiger partial charge is 0.408 e. The molecule has 348 valence electrons. The highest BCUT2D eigenvalue weighted by atomic mass is 32.1. The number of aliphatic hydroxyl groups excluding tert-OH is 1. The zero-order chi connectivity index (χ0) is 45.8. The number of likely N-dealkylation sites (N-methyl/N-ethyl adjacent to an activating group) is 1. The SMILES string of the molecule is C=C1COC2[C@@H](C)C(=O)O[C@H](CC)[C@@]3(C)OC(=O)NC3[C@@H](C)/C(=C/COC(=O)NCc3ccc(-c4csnn4)cc3)[C@H](C)C[C@@](C)(OC1)[C@H](OC1O[C@H](C)C[C@H](N(C)C)[C@H]1O)[C@H]2C. The van der Waals surface area contributed by atoms with Gasteiger partial charge in [0, 0.05) is 35.4 Å². The van der Waals surface area contributed by atoms with Crippen LogP contribution < -0.4 is 10.6 Å². The van der Waals surface area contributed by atoms with Crippen molar-refractivity contribution in [3.63, 3.8) is 0 Å². The van der Waals surface area contributed by atoms with E-state index in [2.05, 4.69) is 33.7 Å². The standard InChI is InChI=1S/C46H67N5O11S/c1-12-36-46(9)39(48-44(55)62-46)28(5)33(17-18-56-43(54)47-21-31-13-15-32(16-14-31)34-24-63-50-49-34)26(3)20-45(8)40(61-42-37(52)35(51(10)11)19-27(4)59-42)29(6)38(30(7)41(53)60-36)57-22-25(2)23-58-45/h13-17,24,26-30,35-40,42,52H,2,12,18-23H2,1,3-11H3,(H,47,54)(H,48,55)/b33-17+/t26-,27-,28+,29+,30-,35+,36-,37-,38?,39?,40-,42?,45-,46-/m1/s1. The van der Waals surface area contributed by atoms with Crippen LogP contribution in [0.1, 0.15) is 80.2 Å². The zero-order valence-electron chi connectivity index (χ0n) is 38.3. The number of carbonyl (C=O) groups excluding carboxylic acids is 3. The number of carbonyl (C=O) groups is 3. The largest absolute Gasteiger partial charge is 0.458 e. The summed E-state index contributed by atoms with van der Waals surface area (Å²) in [5.41, 5.74) is 1.75. The van der Waals surface area contributed by atoms with E-state index in [-0.39, 0.29) is 44.4 Å². The number of alkyl carbamates (subject to hydrolysis) is 2. The predicted molar refractivity (Wildman–Crippen MR) is 235 cm³/mol. The average Bonchev–Trinajstić information content (AvgIpc) is 3.90. The topological polar surface area (TPSA) is 189 Å². The van der Waals surface area contributed by atoms with Crippen LogP contribution in [-0.4, -0.2) is 132 Å². The van der Waals surface area contributed by atoms with E-state index in [4.69, 9.17) is 33.2 Å². The van der Waals surface area contributed by atoms with Crippen molar-refractivity contribution in [3.8, 4) is 11.3 Å². The van der Waals surface area contributed by atoms with Gasteiger partial charge in [-0.3, -0.25) is 4.79 Å². The van der Waals surface area contributed by atoms with Crippen LogP contribution in [0.25, 0.3) is 11.3 Å². The van der Waals surface area contributed by atoms with Crippen LogP contribution in [0, 0.1) is 23.7 Å². The first kappa shape index (κ1) is 48.5. The first-order valence-electron chi connectivity index (χ1n) is 22.1. The lowest BCUT2D eigenvalue weighted by atomic mass is 9.71. The quantitative estimate of drug-likeness (QED) is 0.150. The molecular formula is C46H67N5O11S. The van der Waals surface area contributed by atoms with E-state index >= 15 is 0 Å². The summed E-state index contributed by atoms with van der Waals surface area (Å²) in [6.07, 6.45) is -2.64. The third-order valence-electron chi connectivity index (χ3n) is 13.5. The van der Waals surface area contributed by atoms with E-state index in [1.54, 1.807) is 13.8 Å². The van der Waals surface area contributed by atoms with Gasteiger partial charge in [0.1, 0.15) is 24.5 Å². The number of benzene rings is 1. The third-order valence-corrected chi connectivity index (χ3v) is 14.0. The number of amides is 2. The van der Waals surface area contributed by atoms with Gasteiger partial charge in [-0.1, -0.05) is 68.6 Å². The molecule has 0 saturated carbocycles. The molecule has 4 saturated heterocycles. The molecule has 1 aromatic heterocycles. The maximum atomic E-state index is 14.4. The Morgan fingerprint density at radius 2 is 1.84 bits per heavy atom. The van der Waals surface area contributed by atoms with E-state index in [0.29, 0.717) is 24.8 Å². The Morgan fingerprint density at radius 3 is 2.51 bits per heavy atom. The van der Waals surface area contributed by atoms with Crippen LogP contribution in [0.3, 0.4) is 0 Å². The number of rotatable bonds is 9. The molecular weight excluding hydrogens is 831 g/mol. The number of aromatic nitrogens is 2. The molecule has 5 heterocycles. The number of ether oxygens (including phenoxy) is 7. The molecule has 2 amide bonds. The normalized spacial score (nSPS) is 37.5. The molecule has 63 heavy (non-hydrogen) atoms. The highest BCUT2D eigenvalue weighted by Crippen LogP contribution is 2.44. The van der Waals surface area contributed by atoms with Crippen molar-refractivity contribution in [1.29, 1.82) is 0 Å². The van der Waals surface area contributed by atoms with Crippen LogP contribution in [-0.2, 0) is 44.5 Å². The summed E-state index contributed by atoms with van der Waals surface area (Å²) in [5.74, 6) is -2.55. The van der Waals surface area contributed by atoms with Gasteiger partial charge >= 0.3 is 18.2 Å². The number of esters is 1. The lowest BCUT2D eigenvalue weighted by Gasteiger charge is -2.49. The molecule has 14 atom stereocenters. The maximum absolute atomic E-state index is 14.4. The monoisotopic (exact) mass is 897 g/mol. The van der Waals surface area contributed by atoms with Gasteiger partial charge in [0.05, 0.1) is 49.1 Å². The predicted octanol–water partition coefficient (Wildman–Crippen LogP) is 6.04. The summed E-state index contributed by atoms with van der Waals surface area (Å²) in [7, 11) is 3.84. The molecule has 17 heteroatoms. The number of cyclic esters (lactones) is 1. The van der Waals surface area contributed by atoms with E-state index in [9.17, 15) is 19.5 Å². The average molecular weight is 898 g/mol. The van der Waals surface area contributed by atoms with E-state index in [0.717, 1.165) is 22.4 Å². The summed E-state index contributed by atoms with van der Waals surface area (Å²) in [4.78, 5) is 42.7. The lowest BCUT2D eigenvalue weighted by Crippen LogP contribution is -2.60. The molecule has 1 aromatic carbocycles. The molecule has 3 unspecified atom stereocenters. The van der Waals surface area contributed by atoms with E-state index in [1.165, 1.54) is 11.5 Å². The minimum absolute atomic E-state index is 0.0832. The van der Waals surface area contributed by atoms with Gasteiger partial charge in [0.25, 0.3) is 0 Å². The van der Waals surface area contributed by atoms with Gasteiger partial charge in [0.2, 0.25) is 0 Å². The second kappa shape index (κ2) is 20.5. The molecule has 2 aromatic rings. The molecule has 4 aliphatic heterocycles. The van der Waals surface area contributed by atoms with Crippen molar-refractivity contribution >= 4 is 29.7 Å². The Hall–Kier alpha value is -3.97. The summed E-state index contributed by atoms with van der Waals surface area (Å²) < 4.78 is 48.9. The molecule has 0 spiro atoms. The minimum Gasteiger partial charge on any atom is -0.458 e. The lowest BCUT2D eigenvalue weighted by molar-refractivity contribution is -0.302. The Labute approximate surface area is 375 Å². The first-order chi connectivity index (χ1) is 29.8. The van der Waals surface area contributed by atoms with Crippen molar-refractivity contribution in [2.75, 3.05) is 33.9 Å². The zero-order valence-corrected chi connectivity index (χ0v) is 39.1. The number of aliphatic hydroxyl groups is 1. The molecule has 4 aliphatic rings. The number of nitrogens with zero attached hydrogens (tertiary/aromatic N) is 3. The molecule has 4 fully saturated rings. The van der Waals surface area contributed by atoms with Crippen molar-refractivity contribution in [2.45, 2.75) is 141 Å². The van der Waals surface area contributed by atoms with Gasteiger partial charge in [-0.15, -0.1) is 5.10 Å². The van der Waals surface area contributed by atoms with Crippen LogP contribution in [0.15, 0.2) is 53.4 Å². The molecule has 2 bridgehead atoms. The Bertz CT molecular complexity index is 1930. The second-order valence-electron chi connectivity index (χ2n) is 18.5. The van der Waals surface area contributed by atoms with Gasteiger partial charge < -0.3 is 53.8 Å². The Morgan fingerprint density at radius 1 is 1.11 bits per heavy atom. The van der Waals surface area contributed by atoms with Crippen LogP contribution in [0.4, 0.5) is 9.59 Å². The molecule has 3 N–H and O–H groups in total. The number of nitrogens with one attached hydrogen (secondary N) is 2. The summed E-state index contributed by atoms with van der Waals surface area (Å²) >= 11 is 1.28. The van der Waals surface area contributed by atoms with Crippen molar-refractivity contribution < 1.29 is 52.6 Å². The van der Waals surface area contributed by atoms with Crippen molar-refractivity contribution in [1.82, 2.24) is 25.1 Å². The Kier molecular flexibility index (Phi) is 15.8. The van der Waals surface area contributed by atoms with Crippen molar-refractivity contribution in [3.05, 3.63) is 59.0 Å². The fourth-order valence-corrected chi connectivity index (χ4v) is 10.5. The van der Waals surface area contributed by atoms with Crippen LogP contribution in [0.5, 0.6) is 0 Å². The fourth-order valence-electron chi connectivity index (χ4n) is 10.0. The fraction of sp³-hybridized carbons (Fsp3) is 0.674. The molecule has 16 nitrogen and oxygen atoms in total. The Balaban J connectivity index is 1.35.